The Labute approximate surface area is 112 Å². The zero-order chi connectivity index (χ0) is 13.1. The fourth-order valence-electron chi connectivity index (χ4n) is 2.00. The molecular weight excluding hydrogens is 244 g/mol. The van der Waals surface area contributed by atoms with Crippen molar-refractivity contribution in [2.75, 3.05) is 7.05 Å². The highest BCUT2D eigenvalue weighted by molar-refractivity contribution is 7.10. The van der Waals surface area contributed by atoms with Gasteiger partial charge in [-0.1, -0.05) is 6.07 Å². The van der Waals surface area contributed by atoms with Gasteiger partial charge in [-0.3, -0.25) is 4.90 Å². The number of hydrogen-bond donors (Lipinski definition) is 1. The molecule has 2 aromatic heterocycles. The topological polar surface area (TPSA) is 42.4 Å². The monoisotopic (exact) mass is 264 g/mol. The van der Waals surface area contributed by atoms with E-state index in [9.17, 15) is 0 Å². The second-order valence-electron chi connectivity index (χ2n) is 4.63. The molecule has 0 aromatic carbocycles. The standard InChI is InChI=1S/C14H20N2OS/c1-10-7-12(17-13(10)8-15)9-16(3)11(2)14-5-4-6-18-14/h4-7,11H,8-9,15H2,1-3H3. The van der Waals surface area contributed by atoms with Crippen molar-refractivity contribution in [3.8, 4) is 0 Å². The molecule has 0 aliphatic heterocycles. The molecule has 1 unspecified atom stereocenters. The Hall–Kier alpha value is -1.10. The average molecular weight is 264 g/mol. The maximum absolute atomic E-state index is 5.74. The summed E-state index contributed by atoms with van der Waals surface area (Å²) >= 11 is 1.79. The van der Waals surface area contributed by atoms with Crippen LogP contribution in [0.4, 0.5) is 0 Å². The molecule has 2 aromatic rings. The highest BCUT2D eigenvalue weighted by atomic mass is 32.1. The van der Waals surface area contributed by atoms with Crippen molar-refractivity contribution in [2.45, 2.75) is 33.0 Å². The second-order valence-corrected chi connectivity index (χ2v) is 5.61. The molecule has 0 fully saturated rings. The van der Waals surface area contributed by atoms with Crippen LogP contribution in [-0.4, -0.2) is 11.9 Å². The van der Waals surface area contributed by atoms with E-state index in [1.807, 2.05) is 6.92 Å². The summed E-state index contributed by atoms with van der Waals surface area (Å²) in [6.07, 6.45) is 0. The minimum Gasteiger partial charge on any atom is -0.463 e. The van der Waals surface area contributed by atoms with Gasteiger partial charge in [0, 0.05) is 10.9 Å². The first-order valence-corrected chi connectivity index (χ1v) is 7.01. The molecule has 0 aliphatic carbocycles. The minimum absolute atomic E-state index is 0.400. The van der Waals surface area contributed by atoms with Gasteiger partial charge in [-0.05, 0) is 44.0 Å². The molecule has 1 atom stereocenters. The van der Waals surface area contributed by atoms with Crippen LogP contribution in [-0.2, 0) is 13.1 Å². The number of thiophene rings is 1. The van der Waals surface area contributed by atoms with Gasteiger partial charge in [-0.15, -0.1) is 11.3 Å². The van der Waals surface area contributed by atoms with E-state index in [4.69, 9.17) is 10.2 Å². The molecule has 4 heteroatoms. The molecule has 0 saturated carbocycles. The molecule has 0 amide bonds. The van der Waals surface area contributed by atoms with E-state index in [0.29, 0.717) is 12.6 Å². The molecule has 0 bridgehead atoms. The molecule has 3 nitrogen and oxygen atoms in total. The minimum atomic E-state index is 0.400. The molecule has 0 radical (unpaired) electrons. The predicted molar refractivity (Wildman–Crippen MR) is 75.5 cm³/mol. The van der Waals surface area contributed by atoms with Gasteiger partial charge < -0.3 is 10.2 Å². The van der Waals surface area contributed by atoms with Crippen molar-refractivity contribution in [3.63, 3.8) is 0 Å². The van der Waals surface area contributed by atoms with Crippen LogP contribution in [0.1, 0.15) is 34.9 Å². The molecule has 0 spiro atoms. The molecule has 0 saturated heterocycles. The second kappa shape index (κ2) is 5.69. The summed E-state index contributed by atoms with van der Waals surface area (Å²) < 4.78 is 5.74. The smallest absolute Gasteiger partial charge is 0.120 e. The van der Waals surface area contributed by atoms with Crippen molar-refractivity contribution in [1.82, 2.24) is 4.90 Å². The zero-order valence-electron chi connectivity index (χ0n) is 11.1. The maximum Gasteiger partial charge on any atom is 0.120 e. The van der Waals surface area contributed by atoms with Gasteiger partial charge in [0.1, 0.15) is 11.5 Å². The molecule has 2 N–H and O–H groups in total. The summed E-state index contributed by atoms with van der Waals surface area (Å²) in [5, 5.41) is 2.11. The highest BCUT2D eigenvalue weighted by Gasteiger charge is 2.15. The first-order valence-electron chi connectivity index (χ1n) is 6.13. The third-order valence-corrected chi connectivity index (χ3v) is 4.32. The van der Waals surface area contributed by atoms with Gasteiger partial charge in [-0.2, -0.15) is 0 Å². The zero-order valence-corrected chi connectivity index (χ0v) is 12.0. The van der Waals surface area contributed by atoms with Crippen LogP contribution in [0, 0.1) is 6.92 Å². The van der Waals surface area contributed by atoms with Crippen LogP contribution in [0.3, 0.4) is 0 Å². The van der Waals surface area contributed by atoms with E-state index in [1.165, 1.54) is 4.88 Å². The summed E-state index contributed by atoms with van der Waals surface area (Å²) in [6, 6.07) is 6.75. The number of nitrogens with two attached hydrogens (primary N) is 1. The first kappa shape index (κ1) is 13.3. The lowest BCUT2D eigenvalue weighted by Crippen LogP contribution is -2.20. The normalized spacial score (nSPS) is 13.2. The Morgan fingerprint density at radius 2 is 2.28 bits per heavy atom. The summed E-state index contributed by atoms with van der Waals surface area (Å²) in [6.45, 7) is 5.53. The Morgan fingerprint density at radius 1 is 1.50 bits per heavy atom. The van der Waals surface area contributed by atoms with Crippen molar-refractivity contribution >= 4 is 11.3 Å². The van der Waals surface area contributed by atoms with E-state index < -0.39 is 0 Å². The number of hydrogen-bond acceptors (Lipinski definition) is 4. The lowest BCUT2D eigenvalue weighted by atomic mass is 10.2. The Balaban J connectivity index is 2.04. The van der Waals surface area contributed by atoms with Gasteiger partial charge in [-0.25, -0.2) is 0 Å². The quantitative estimate of drug-likeness (QED) is 0.901. The number of aryl methyl sites for hydroxylation is 1. The number of rotatable bonds is 5. The molecule has 98 valence electrons. The molecule has 2 rings (SSSR count). The maximum atomic E-state index is 5.74. The Morgan fingerprint density at radius 3 is 2.83 bits per heavy atom. The lowest BCUT2D eigenvalue weighted by Gasteiger charge is -2.22. The Bertz CT molecular complexity index is 490. The predicted octanol–water partition coefficient (Wildman–Crippen LogP) is 3.30. The average Bonchev–Trinajstić information content (AvgIpc) is 2.97. The van der Waals surface area contributed by atoms with E-state index >= 15 is 0 Å². The van der Waals surface area contributed by atoms with Crippen molar-refractivity contribution in [1.29, 1.82) is 0 Å². The first-order chi connectivity index (χ1) is 8.61. The SMILES string of the molecule is Cc1cc(CN(C)C(C)c2cccs2)oc1CN. The van der Waals surface area contributed by atoms with Crippen LogP contribution in [0.25, 0.3) is 0 Å². The van der Waals surface area contributed by atoms with Crippen LogP contribution in [0.2, 0.25) is 0 Å². The van der Waals surface area contributed by atoms with Gasteiger partial charge in [0.2, 0.25) is 0 Å². The molecule has 2 heterocycles. The van der Waals surface area contributed by atoms with E-state index in [1.54, 1.807) is 11.3 Å². The number of nitrogens with zero attached hydrogens (tertiary/aromatic N) is 1. The molecule has 18 heavy (non-hydrogen) atoms. The third kappa shape index (κ3) is 2.83. The van der Waals surface area contributed by atoms with Crippen LogP contribution >= 0.6 is 11.3 Å². The summed E-state index contributed by atoms with van der Waals surface area (Å²) in [5.74, 6) is 1.88. The summed E-state index contributed by atoms with van der Waals surface area (Å²) in [7, 11) is 2.12. The van der Waals surface area contributed by atoms with Crippen molar-refractivity contribution < 1.29 is 4.42 Å². The fraction of sp³-hybridized carbons (Fsp3) is 0.429. The van der Waals surface area contributed by atoms with Gasteiger partial charge in [0.15, 0.2) is 0 Å². The summed E-state index contributed by atoms with van der Waals surface area (Å²) in [4.78, 5) is 3.66. The van der Waals surface area contributed by atoms with E-state index in [2.05, 4.69) is 42.5 Å². The highest BCUT2D eigenvalue weighted by Crippen LogP contribution is 2.25. The van der Waals surface area contributed by atoms with Crippen molar-refractivity contribution in [3.05, 3.63) is 45.5 Å². The van der Waals surface area contributed by atoms with Crippen LogP contribution in [0.15, 0.2) is 28.0 Å². The van der Waals surface area contributed by atoms with Crippen LogP contribution < -0.4 is 5.73 Å². The molecular formula is C14H20N2OS. The van der Waals surface area contributed by atoms with Gasteiger partial charge >= 0.3 is 0 Å². The van der Waals surface area contributed by atoms with E-state index in [0.717, 1.165) is 23.6 Å². The molecule has 0 aliphatic rings. The lowest BCUT2D eigenvalue weighted by molar-refractivity contribution is 0.233. The van der Waals surface area contributed by atoms with Gasteiger partial charge in [0.25, 0.3) is 0 Å². The van der Waals surface area contributed by atoms with Gasteiger partial charge in [0.05, 0.1) is 13.1 Å². The number of furan rings is 1. The summed E-state index contributed by atoms with van der Waals surface area (Å²) in [5.41, 5.74) is 6.77. The Kier molecular flexibility index (Phi) is 4.22. The van der Waals surface area contributed by atoms with Crippen LogP contribution in [0.5, 0.6) is 0 Å². The van der Waals surface area contributed by atoms with Crippen molar-refractivity contribution in [2.24, 2.45) is 5.73 Å². The fourth-order valence-corrected chi connectivity index (χ4v) is 2.85. The van der Waals surface area contributed by atoms with E-state index in [-0.39, 0.29) is 0 Å². The third-order valence-electron chi connectivity index (χ3n) is 3.28. The largest absolute Gasteiger partial charge is 0.463 e.